The second kappa shape index (κ2) is 5.61. The first-order chi connectivity index (χ1) is 8.39. The Labute approximate surface area is 122 Å². The lowest BCUT2D eigenvalue weighted by molar-refractivity contribution is -0.0244. The van der Waals surface area contributed by atoms with E-state index in [1.54, 1.807) is 11.3 Å². The molecule has 0 bridgehead atoms. The minimum atomic E-state index is -0.496. The van der Waals surface area contributed by atoms with Crippen molar-refractivity contribution in [3.63, 3.8) is 0 Å². The predicted molar refractivity (Wildman–Crippen MR) is 80.9 cm³/mol. The number of nitrogens with one attached hydrogen (secondary N) is 1. The molecule has 2 N–H and O–H groups in total. The molecule has 0 spiro atoms. The zero-order valence-corrected chi connectivity index (χ0v) is 13.5. The van der Waals surface area contributed by atoms with E-state index in [0.29, 0.717) is 12.0 Å². The summed E-state index contributed by atoms with van der Waals surface area (Å²) in [6.07, 6.45) is 4.08. The van der Waals surface area contributed by atoms with E-state index in [1.165, 1.54) is 4.88 Å². The van der Waals surface area contributed by atoms with Crippen molar-refractivity contribution in [3.05, 3.63) is 20.8 Å². The molecule has 0 atom stereocenters. The predicted octanol–water partition coefficient (Wildman–Crippen LogP) is 3.93. The lowest BCUT2D eigenvalue weighted by Gasteiger charge is -2.40. The summed E-state index contributed by atoms with van der Waals surface area (Å²) in [6, 6.07) is 4.19. The highest BCUT2D eigenvalue weighted by Gasteiger charge is 2.36. The van der Waals surface area contributed by atoms with Gasteiger partial charge in [-0.2, -0.15) is 0 Å². The van der Waals surface area contributed by atoms with Crippen LogP contribution in [0.1, 0.15) is 44.4 Å². The van der Waals surface area contributed by atoms with Gasteiger partial charge < -0.3 is 10.4 Å². The average Bonchev–Trinajstić information content (AvgIpc) is 2.70. The van der Waals surface area contributed by atoms with Crippen molar-refractivity contribution in [1.82, 2.24) is 5.32 Å². The van der Waals surface area contributed by atoms with Gasteiger partial charge in [0.2, 0.25) is 0 Å². The Balaban J connectivity index is 1.76. The number of hydrogen-bond acceptors (Lipinski definition) is 3. The van der Waals surface area contributed by atoms with E-state index in [2.05, 4.69) is 47.2 Å². The summed E-state index contributed by atoms with van der Waals surface area (Å²) in [5, 5.41) is 13.9. The van der Waals surface area contributed by atoms with Gasteiger partial charge in [-0.05, 0) is 59.2 Å². The lowest BCUT2D eigenvalue weighted by atomic mass is 9.71. The molecule has 1 aliphatic carbocycles. The van der Waals surface area contributed by atoms with Crippen LogP contribution in [0.4, 0.5) is 0 Å². The Morgan fingerprint density at radius 2 is 1.94 bits per heavy atom. The van der Waals surface area contributed by atoms with E-state index >= 15 is 0 Å². The molecule has 1 aliphatic rings. The van der Waals surface area contributed by atoms with Crippen molar-refractivity contribution in [2.45, 2.75) is 51.7 Å². The maximum atomic E-state index is 10.5. The Kier molecular flexibility index (Phi) is 4.52. The summed E-state index contributed by atoms with van der Waals surface area (Å²) in [7, 11) is 0. The smallest absolute Gasteiger partial charge is 0.0772 e. The van der Waals surface area contributed by atoms with Crippen LogP contribution in [0.5, 0.6) is 0 Å². The molecule has 0 aliphatic heterocycles. The molecule has 2 rings (SSSR count). The molecule has 102 valence electrons. The average molecular weight is 332 g/mol. The van der Waals surface area contributed by atoms with Gasteiger partial charge in [-0.25, -0.2) is 0 Å². The fraction of sp³-hybridized carbons (Fsp3) is 0.714. The van der Waals surface area contributed by atoms with Gasteiger partial charge >= 0.3 is 0 Å². The molecule has 0 saturated heterocycles. The molecule has 1 saturated carbocycles. The van der Waals surface area contributed by atoms with Gasteiger partial charge in [0.25, 0.3) is 0 Å². The second-order valence-electron chi connectivity index (χ2n) is 6.20. The van der Waals surface area contributed by atoms with Crippen LogP contribution in [0.3, 0.4) is 0 Å². The van der Waals surface area contributed by atoms with Gasteiger partial charge in [0, 0.05) is 18.0 Å². The maximum Gasteiger partial charge on any atom is 0.0772 e. The van der Waals surface area contributed by atoms with Gasteiger partial charge in [-0.15, -0.1) is 11.3 Å². The van der Waals surface area contributed by atoms with Crippen LogP contribution in [0.25, 0.3) is 0 Å². The topological polar surface area (TPSA) is 32.3 Å². The first kappa shape index (κ1) is 14.5. The molecule has 1 fully saturated rings. The standard InChI is InChI=1S/C14H22BrNOS/c1-13(2)5-7-14(17,8-6-13)10-16-9-11-3-4-12(15)18-11/h3-4,16-17H,5-10H2,1-2H3. The van der Waals surface area contributed by atoms with E-state index in [0.717, 1.165) is 36.0 Å². The Bertz CT molecular complexity index is 392. The van der Waals surface area contributed by atoms with Crippen LogP contribution in [0.2, 0.25) is 0 Å². The van der Waals surface area contributed by atoms with Gasteiger partial charge in [0.05, 0.1) is 9.39 Å². The minimum Gasteiger partial charge on any atom is -0.389 e. The number of aliphatic hydroxyl groups is 1. The molecule has 0 aromatic carbocycles. The molecule has 0 unspecified atom stereocenters. The van der Waals surface area contributed by atoms with Crippen LogP contribution < -0.4 is 5.32 Å². The molecule has 18 heavy (non-hydrogen) atoms. The van der Waals surface area contributed by atoms with Gasteiger partial charge in [-0.3, -0.25) is 0 Å². The number of hydrogen-bond donors (Lipinski definition) is 2. The highest BCUT2D eigenvalue weighted by Crippen LogP contribution is 2.39. The van der Waals surface area contributed by atoms with Crippen molar-refractivity contribution in [3.8, 4) is 0 Å². The number of thiophene rings is 1. The lowest BCUT2D eigenvalue weighted by Crippen LogP contribution is -2.44. The third kappa shape index (κ3) is 4.05. The van der Waals surface area contributed by atoms with Gasteiger partial charge in [0.15, 0.2) is 0 Å². The van der Waals surface area contributed by atoms with Gasteiger partial charge in [0.1, 0.15) is 0 Å². The van der Waals surface area contributed by atoms with Crippen molar-refractivity contribution >= 4 is 27.3 Å². The normalized spacial score (nSPS) is 22.0. The first-order valence-electron chi connectivity index (χ1n) is 6.56. The minimum absolute atomic E-state index is 0.408. The molecule has 1 aromatic heterocycles. The molecular weight excluding hydrogens is 310 g/mol. The van der Waals surface area contributed by atoms with Crippen LogP contribution >= 0.6 is 27.3 Å². The monoisotopic (exact) mass is 331 g/mol. The van der Waals surface area contributed by atoms with Crippen LogP contribution in [0.15, 0.2) is 15.9 Å². The van der Waals surface area contributed by atoms with E-state index in [4.69, 9.17) is 0 Å². The summed E-state index contributed by atoms with van der Waals surface area (Å²) in [4.78, 5) is 1.31. The zero-order valence-electron chi connectivity index (χ0n) is 11.1. The Morgan fingerprint density at radius 1 is 1.28 bits per heavy atom. The molecule has 1 heterocycles. The van der Waals surface area contributed by atoms with Crippen molar-refractivity contribution in [2.24, 2.45) is 5.41 Å². The quantitative estimate of drug-likeness (QED) is 0.876. The third-order valence-corrected chi connectivity index (χ3v) is 5.54. The van der Waals surface area contributed by atoms with E-state index < -0.39 is 5.60 Å². The number of halogens is 1. The fourth-order valence-corrected chi connectivity index (χ4v) is 3.89. The van der Waals surface area contributed by atoms with E-state index in [9.17, 15) is 5.11 Å². The van der Waals surface area contributed by atoms with Crippen molar-refractivity contribution in [2.75, 3.05) is 6.54 Å². The molecule has 1 aromatic rings. The third-order valence-electron chi connectivity index (χ3n) is 3.92. The summed E-state index contributed by atoms with van der Waals surface area (Å²) in [5.74, 6) is 0. The van der Waals surface area contributed by atoms with Gasteiger partial charge in [-0.1, -0.05) is 13.8 Å². The van der Waals surface area contributed by atoms with Crippen molar-refractivity contribution < 1.29 is 5.11 Å². The highest BCUT2D eigenvalue weighted by molar-refractivity contribution is 9.11. The van der Waals surface area contributed by atoms with E-state index in [-0.39, 0.29) is 0 Å². The zero-order chi connectivity index (χ0) is 13.2. The SMILES string of the molecule is CC1(C)CCC(O)(CNCc2ccc(Br)s2)CC1. The van der Waals surface area contributed by atoms with Crippen LogP contribution in [0, 0.1) is 5.41 Å². The molecule has 0 radical (unpaired) electrons. The van der Waals surface area contributed by atoms with Crippen molar-refractivity contribution in [1.29, 1.82) is 0 Å². The van der Waals surface area contributed by atoms with Crippen LogP contribution in [-0.2, 0) is 6.54 Å². The molecule has 4 heteroatoms. The molecular formula is C14H22BrNOS. The van der Waals surface area contributed by atoms with Crippen LogP contribution in [-0.4, -0.2) is 17.3 Å². The molecule has 2 nitrogen and oxygen atoms in total. The number of rotatable bonds is 4. The summed E-state index contributed by atoms with van der Waals surface area (Å²) in [5.41, 5.74) is -0.0884. The maximum absolute atomic E-state index is 10.5. The fourth-order valence-electron chi connectivity index (χ4n) is 2.43. The molecule has 0 amide bonds. The Morgan fingerprint density at radius 3 is 2.50 bits per heavy atom. The Hall–Kier alpha value is 0.1000. The summed E-state index contributed by atoms with van der Waals surface area (Å²) >= 11 is 5.21. The highest BCUT2D eigenvalue weighted by atomic mass is 79.9. The second-order valence-corrected chi connectivity index (χ2v) is 8.75. The first-order valence-corrected chi connectivity index (χ1v) is 8.17. The summed E-state index contributed by atoms with van der Waals surface area (Å²) < 4.78 is 1.16. The summed E-state index contributed by atoms with van der Waals surface area (Å²) in [6.45, 7) is 6.15. The van der Waals surface area contributed by atoms with E-state index in [1.807, 2.05) is 0 Å². The largest absolute Gasteiger partial charge is 0.389 e.